The van der Waals surface area contributed by atoms with Gasteiger partial charge in [0.1, 0.15) is 19.0 Å². The van der Waals surface area contributed by atoms with Crippen LogP contribution >= 0.6 is 11.6 Å². The highest BCUT2D eigenvalue weighted by Crippen LogP contribution is 2.37. The number of hydrogen-bond acceptors (Lipinski definition) is 4. The number of methoxy groups -OCH3 is 1. The predicted octanol–water partition coefficient (Wildman–Crippen LogP) is 4.81. The predicted molar refractivity (Wildman–Crippen MR) is 98.9 cm³/mol. The number of hydrogen-bond donors (Lipinski definition) is 0. The molecule has 0 radical (unpaired) electrons. The van der Waals surface area contributed by atoms with E-state index < -0.39 is 5.97 Å². The van der Waals surface area contributed by atoms with E-state index in [1.54, 1.807) is 30.3 Å². The van der Waals surface area contributed by atoms with Crippen LogP contribution in [0.4, 0.5) is 4.39 Å². The molecule has 26 heavy (non-hydrogen) atoms. The lowest BCUT2D eigenvalue weighted by atomic mass is 10.2. The van der Waals surface area contributed by atoms with Gasteiger partial charge in [-0.25, -0.2) is 9.18 Å². The molecule has 0 saturated heterocycles. The molecule has 2 aromatic carbocycles. The van der Waals surface area contributed by atoms with E-state index in [1.807, 2.05) is 0 Å². The lowest BCUT2D eigenvalue weighted by molar-refractivity contribution is -0.136. The first-order valence-corrected chi connectivity index (χ1v) is 8.11. The van der Waals surface area contributed by atoms with Crippen LogP contribution in [0.1, 0.15) is 11.1 Å². The molecule has 0 spiro atoms. The number of carbonyl (C=O) groups is 1. The summed E-state index contributed by atoms with van der Waals surface area (Å²) in [6, 6.07) is 9.39. The fraction of sp³-hybridized carbons (Fsp3) is 0.150. The summed E-state index contributed by atoms with van der Waals surface area (Å²) in [6.07, 6.45) is 4.31. The van der Waals surface area contributed by atoms with Gasteiger partial charge in [-0.15, -0.1) is 0 Å². The van der Waals surface area contributed by atoms with Gasteiger partial charge in [0.05, 0.1) is 12.1 Å². The van der Waals surface area contributed by atoms with Crippen molar-refractivity contribution in [3.05, 3.63) is 77.1 Å². The van der Waals surface area contributed by atoms with Gasteiger partial charge in [0, 0.05) is 6.08 Å². The number of rotatable bonds is 8. The van der Waals surface area contributed by atoms with Crippen LogP contribution < -0.4 is 9.47 Å². The van der Waals surface area contributed by atoms with E-state index in [1.165, 1.54) is 31.4 Å². The van der Waals surface area contributed by atoms with Gasteiger partial charge in [0.2, 0.25) is 0 Å². The molecule has 0 saturated carbocycles. The molecule has 0 aliphatic rings. The maximum absolute atomic E-state index is 13.2. The number of halogens is 2. The lowest BCUT2D eigenvalue weighted by Crippen LogP contribution is -2.00. The van der Waals surface area contributed by atoms with Gasteiger partial charge in [-0.05, 0) is 41.5 Å². The van der Waals surface area contributed by atoms with Gasteiger partial charge < -0.3 is 14.2 Å². The van der Waals surface area contributed by atoms with E-state index in [0.29, 0.717) is 27.6 Å². The summed E-state index contributed by atoms with van der Waals surface area (Å²) in [5.74, 6) is -0.0998. The molecule has 136 valence electrons. The van der Waals surface area contributed by atoms with E-state index in [2.05, 4.69) is 6.58 Å². The zero-order valence-corrected chi connectivity index (χ0v) is 15.0. The Labute approximate surface area is 156 Å². The van der Waals surface area contributed by atoms with Crippen LogP contribution in [0.15, 0.2) is 55.1 Å². The minimum absolute atomic E-state index is 0.136. The largest absolute Gasteiger partial charge is 0.493 e. The third kappa shape index (κ3) is 5.63. The molecular formula is C20H18ClFO4. The summed E-state index contributed by atoms with van der Waals surface area (Å²) >= 11 is 6.27. The Hall–Kier alpha value is -2.79. The van der Waals surface area contributed by atoms with Crippen LogP contribution in [0.3, 0.4) is 0 Å². The number of ether oxygens (including phenoxy) is 3. The van der Waals surface area contributed by atoms with Crippen LogP contribution in [0.25, 0.3) is 6.08 Å². The van der Waals surface area contributed by atoms with Crippen molar-refractivity contribution in [3.63, 3.8) is 0 Å². The second-order valence-corrected chi connectivity index (χ2v) is 5.61. The molecule has 0 N–H and O–H groups in total. The summed E-state index contributed by atoms with van der Waals surface area (Å²) in [7, 11) is 1.48. The van der Waals surface area contributed by atoms with Gasteiger partial charge >= 0.3 is 5.97 Å². The maximum Gasteiger partial charge on any atom is 0.331 e. The van der Waals surface area contributed by atoms with Crippen molar-refractivity contribution >= 4 is 23.6 Å². The molecule has 0 aliphatic heterocycles. The second kappa shape index (κ2) is 9.63. The standard InChI is InChI=1S/C20H18ClFO4/c1-3-9-25-19(23)8-7-14-11-17(21)20(18(12-14)24-2)26-13-15-5-4-6-16(22)10-15/h3-8,10-12H,1,9,13H2,2H3/b8-7+. The van der Waals surface area contributed by atoms with Gasteiger partial charge in [0.15, 0.2) is 11.5 Å². The monoisotopic (exact) mass is 376 g/mol. The first-order valence-electron chi connectivity index (χ1n) is 7.74. The summed E-state index contributed by atoms with van der Waals surface area (Å²) < 4.78 is 29.1. The van der Waals surface area contributed by atoms with Crippen LogP contribution in [-0.2, 0) is 16.1 Å². The third-order valence-corrected chi connectivity index (χ3v) is 3.56. The Balaban J connectivity index is 2.14. The fourth-order valence-corrected chi connectivity index (χ4v) is 2.39. The Bertz CT molecular complexity index is 817. The van der Waals surface area contributed by atoms with Crippen LogP contribution in [0, 0.1) is 5.82 Å². The van der Waals surface area contributed by atoms with E-state index >= 15 is 0 Å². The topological polar surface area (TPSA) is 44.8 Å². The first kappa shape index (κ1) is 19.5. The smallest absolute Gasteiger partial charge is 0.331 e. The number of benzene rings is 2. The van der Waals surface area contributed by atoms with Crippen molar-refractivity contribution in [2.24, 2.45) is 0 Å². The normalized spacial score (nSPS) is 10.6. The molecule has 0 amide bonds. The molecule has 0 fully saturated rings. The summed E-state index contributed by atoms with van der Waals surface area (Å²) in [4.78, 5) is 11.5. The average Bonchev–Trinajstić information content (AvgIpc) is 2.63. The van der Waals surface area contributed by atoms with E-state index in [9.17, 15) is 9.18 Å². The van der Waals surface area contributed by atoms with Crippen LogP contribution in [0.5, 0.6) is 11.5 Å². The van der Waals surface area contributed by atoms with Gasteiger partial charge in [0.25, 0.3) is 0 Å². The molecule has 0 aliphatic carbocycles. The number of esters is 1. The van der Waals surface area contributed by atoms with Crippen LogP contribution in [0.2, 0.25) is 5.02 Å². The fourth-order valence-electron chi connectivity index (χ4n) is 2.11. The van der Waals surface area contributed by atoms with Gasteiger partial charge in [-0.2, -0.15) is 0 Å². The molecular weight excluding hydrogens is 359 g/mol. The third-order valence-electron chi connectivity index (χ3n) is 3.28. The summed E-state index contributed by atoms with van der Waals surface area (Å²) in [5, 5.41) is 0.305. The lowest BCUT2D eigenvalue weighted by Gasteiger charge is -2.13. The summed E-state index contributed by atoms with van der Waals surface area (Å²) in [6.45, 7) is 3.74. The maximum atomic E-state index is 13.2. The molecule has 0 heterocycles. The highest BCUT2D eigenvalue weighted by Gasteiger charge is 2.12. The molecule has 6 heteroatoms. The molecule has 0 unspecified atom stereocenters. The van der Waals surface area contributed by atoms with Crippen LogP contribution in [-0.4, -0.2) is 19.7 Å². The SMILES string of the molecule is C=CCOC(=O)/C=C/c1cc(Cl)c(OCc2cccc(F)c2)c(OC)c1. The van der Waals surface area contributed by atoms with Crippen molar-refractivity contribution in [1.29, 1.82) is 0 Å². The highest BCUT2D eigenvalue weighted by atomic mass is 35.5. The molecule has 2 rings (SSSR count). The second-order valence-electron chi connectivity index (χ2n) is 5.20. The number of carbonyl (C=O) groups excluding carboxylic acids is 1. The zero-order chi connectivity index (χ0) is 18.9. The Kier molecular flexibility index (Phi) is 7.24. The van der Waals surface area contributed by atoms with Crippen molar-refractivity contribution in [2.75, 3.05) is 13.7 Å². The minimum atomic E-state index is -0.494. The van der Waals surface area contributed by atoms with Crippen molar-refractivity contribution < 1.29 is 23.4 Å². The van der Waals surface area contributed by atoms with Crippen molar-refractivity contribution in [3.8, 4) is 11.5 Å². The van der Waals surface area contributed by atoms with E-state index in [-0.39, 0.29) is 19.0 Å². The van der Waals surface area contributed by atoms with Gasteiger partial charge in [-0.3, -0.25) is 0 Å². The zero-order valence-electron chi connectivity index (χ0n) is 14.2. The molecule has 2 aromatic rings. The molecule has 0 bridgehead atoms. The van der Waals surface area contributed by atoms with Crippen molar-refractivity contribution in [1.82, 2.24) is 0 Å². The van der Waals surface area contributed by atoms with E-state index in [4.69, 9.17) is 25.8 Å². The van der Waals surface area contributed by atoms with E-state index in [0.717, 1.165) is 0 Å². The van der Waals surface area contributed by atoms with Crippen molar-refractivity contribution in [2.45, 2.75) is 6.61 Å². The molecule has 0 aromatic heterocycles. The Morgan fingerprint density at radius 1 is 1.31 bits per heavy atom. The Morgan fingerprint density at radius 2 is 2.12 bits per heavy atom. The molecule has 0 atom stereocenters. The van der Waals surface area contributed by atoms with Gasteiger partial charge in [-0.1, -0.05) is 36.4 Å². The average molecular weight is 377 g/mol. The highest BCUT2D eigenvalue weighted by molar-refractivity contribution is 6.32. The quantitative estimate of drug-likeness (QED) is 0.377. The summed E-state index contributed by atoms with van der Waals surface area (Å²) in [5.41, 5.74) is 1.30. The molecule has 4 nitrogen and oxygen atoms in total. The minimum Gasteiger partial charge on any atom is -0.493 e. The Morgan fingerprint density at radius 3 is 2.81 bits per heavy atom. The first-order chi connectivity index (χ1) is 12.5.